The van der Waals surface area contributed by atoms with Crippen molar-refractivity contribution in [1.82, 2.24) is 5.32 Å². The lowest BCUT2D eigenvalue weighted by Gasteiger charge is -2.52. The van der Waals surface area contributed by atoms with Crippen LogP contribution in [0.15, 0.2) is 46.9 Å². The molecule has 1 saturated heterocycles. The van der Waals surface area contributed by atoms with Crippen LogP contribution in [0.1, 0.15) is 37.4 Å². The van der Waals surface area contributed by atoms with E-state index in [1.807, 2.05) is 12.1 Å². The summed E-state index contributed by atoms with van der Waals surface area (Å²) in [5.41, 5.74) is 3.08. The number of hydrogen-bond donors (Lipinski definition) is 1. The highest BCUT2D eigenvalue weighted by Crippen LogP contribution is 2.45. The van der Waals surface area contributed by atoms with Crippen LogP contribution in [0.5, 0.6) is 5.75 Å². The first-order chi connectivity index (χ1) is 11.5. The summed E-state index contributed by atoms with van der Waals surface area (Å²) in [4.78, 5) is 2.09. The van der Waals surface area contributed by atoms with Crippen LogP contribution in [-0.4, -0.2) is 10.8 Å². The second kappa shape index (κ2) is 5.74. The topological polar surface area (TPSA) is 24.5 Å². The molecule has 0 radical (unpaired) electrons. The molecule has 2 aliphatic rings. The van der Waals surface area contributed by atoms with Gasteiger partial charge in [-0.25, -0.2) is 0 Å². The van der Waals surface area contributed by atoms with E-state index in [1.54, 1.807) is 0 Å². The Labute approximate surface area is 156 Å². The first kappa shape index (κ1) is 15.9. The molecule has 0 aromatic heterocycles. The smallest absolute Gasteiger partial charge is 0.188 e. The van der Waals surface area contributed by atoms with E-state index in [1.165, 1.54) is 11.1 Å². The van der Waals surface area contributed by atoms with E-state index in [0.717, 1.165) is 28.8 Å². The highest BCUT2D eigenvalue weighted by molar-refractivity contribution is 9.10. The van der Waals surface area contributed by atoms with Gasteiger partial charge in [-0.2, -0.15) is 0 Å². The van der Waals surface area contributed by atoms with Gasteiger partial charge in [-0.05, 0) is 61.5 Å². The minimum Gasteiger partial charge on any atom is -0.467 e. The first-order valence-corrected chi connectivity index (χ1v) is 9.38. The third-order valence-electron chi connectivity index (χ3n) is 4.83. The zero-order valence-corrected chi connectivity index (χ0v) is 16.1. The van der Waals surface area contributed by atoms with Crippen molar-refractivity contribution in [2.45, 2.75) is 38.5 Å². The third kappa shape index (κ3) is 2.50. The fourth-order valence-corrected chi connectivity index (χ4v) is 4.33. The number of halogens is 1. The molecule has 24 heavy (non-hydrogen) atoms. The van der Waals surface area contributed by atoms with E-state index in [0.29, 0.717) is 5.11 Å². The number of nitrogens with zero attached hydrogens (tertiary/aromatic N) is 1. The highest BCUT2D eigenvalue weighted by Gasteiger charge is 2.48. The fourth-order valence-electron chi connectivity index (χ4n) is 3.62. The Morgan fingerprint density at radius 2 is 2.04 bits per heavy atom. The Bertz CT molecular complexity index is 808. The number of thiocarbonyl (C=S) groups is 1. The molecule has 2 aliphatic heterocycles. The number of fused-ring (bicyclic) bond motifs is 4. The van der Waals surface area contributed by atoms with Gasteiger partial charge < -0.3 is 10.1 Å². The second-order valence-corrected chi connectivity index (χ2v) is 7.82. The molecule has 0 spiro atoms. The molecule has 1 fully saturated rings. The van der Waals surface area contributed by atoms with Gasteiger partial charge >= 0.3 is 0 Å². The van der Waals surface area contributed by atoms with Gasteiger partial charge in [0.15, 0.2) is 10.8 Å². The number of rotatable bonds is 2. The average molecular weight is 403 g/mol. The van der Waals surface area contributed by atoms with Crippen molar-refractivity contribution >= 4 is 38.9 Å². The van der Waals surface area contributed by atoms with Gasteiger partial charge in [0, 0.05) is 22.1 Å². The maximum Gasteiger partial charge on any atom is 0.188 e. The van der Waals surface area contributed by atoms with Crippen molar-refractivity contribution in [1.29, 1.82) is 0 Å². The number of hydrogen-bond acceptors (Lipinski definition) is 2. The van der Waals surface area contributed by atoms with Crippen LogP contribution < -0.4 is 15.0 Å². The van der Waals surface area contributed by atoms with Crippen molar-refractivity contribution in [3.8, 4) is 5.75 Å². The van der Waals surface area contributed by atoms with Crippen molar-refractivity contribution in [3.05, 3.63) is 58.1 Å². The van der Waals surface area contributed by atoms with E-state index < -0.39 is 5.72 Å². The minimum atomic E-state index is -0.485. The summed E-state index contributed by atoms with van der Waals surface area (Å²) in [6.07, 6.45) is 1.87. The number of nitrogens with one attached hydrogen (secondary N) is 1. The van der Waals surface area contributed by atoms with E-state index in [-0.39, 0.29) is 6.04 Å². The molecule has 2 unspecified atom stereocenters. The SMILES string of the molecule is CCc1ccc2c(c1)C1CC(C)(O2)N(c2ccc(Br)cc2)C(=S)N1. The molecule has 2 aromatic carbocycles. The van der Waals surface area contributed by atoms with Crippen LogP contribution in [0.2, 0.25) is 0 Å². The van der Waals surface area contributed by atoms with E-state index in [2.05, 4.69) is 70.3 Å². The number of anilines is 1. The van der Waals surface area contributed by atoms with Crippen LogP contribution in [0.3, 0.4) is 0 Å². The molecular formula is C19H19BrN2OS. The van der Waals surface area contributed by atoms with E-state index in [9.17, 15) is 0 Å². The fraction of sp³-hybridized carbons (Fsp3) is 0.316. The van der Waals surface area contributed by atoms with Gasteiger partial charge in [0.05, 0.1) is 6.04 Å². The molecule has 2 bridgehead atoms. The normalized spacial score (nSPS) is 24.9. The summed E-state index contributed by atoms with van der Waals surface area (Å²) in [7, 11) is 0. The van der Waals surface area contributed by atoms with Gasteiger partial charge in [0.25, 0.3) is 0 Å². The molecule has 2 aromatic rings. The Morgan fingerprint density at radius 1 is 1.29 bits per heavy atom. The summed E-state index contributed by atoms with van der Waals surface area (Å²) in [6.45, 7) is 4.29. The van der Waals surface area contributed by atoms with Crippen molar-refractivity contribution < 1.29 is 4.74 Å². The second-order valence-electron chi connectivity index (χ2n) is 6.52. The number of ether oxygens (including phenoxy) is 1. The summed E-state index contributed by atoms with van der Waals surface area (Å²) in [5.74, 6) is 0.947. The predicted molar refractivity (Wildman–Crippen MR) is 105 cm³/mol. The average Bonchev–Trinajstić information content (AvgIpc) is 2.55. The summed E-state index contributed by atoms with van der Waals surface area (Å²) in [6, 6.07) is 14.8. The van der Waals surface area contributed by atoms with Crippen LogP contribution in [0.4, 0.5) is 5.69 Å². The molecule has 4 rings (SSSR count). The third-order valence-corrected chi connectivity index (χ3v) is 5.66. The maximum atomic E-state index is 6.44. The largest absolute Gasteiger partial charge is 0.467 e. The lowest BCUT2D eigenvalue weighted by molar-refractivity contribution is 0.0497. The minimum absolute atomic E-state index is 0.199. The zero-order valence-electron chi connectivity index (χ0n) is 13.7. The predicted octanol–water partition coefficient (Wildman–Crippen LogP) is 4.95. The Morgan fingerprint density at radius 3 is 2.75 bits per heavy atom. The molecule has 2 heterocycles. The summed E-state index contributed by atoms with van der Waals surface area (Å²) >= 11 is 9.17. The lowest BCUT2D eigenvalue weighted by Crippen LogP contribution is -2.65. The molecule has 2 atom stereocenters. The van der Waals surface area contributed by atoms with E-state index >= 15 is 0 Å². The molecular weight excluding hydrogens is 384 g/mol. The van der Waals surface area contributed by atoms with Gasteiger partial charge in [0.1, 0.15) is 5.75 Å². The van der Waals surface area contributed by atoms with Gasteiger partial charge in [-0.15, -0.1) is 0 Å². The van der Waals surface area contributed by atoms with Crippen molar-refractivity contribution in [2.24, 2.45) is 0 Å². The summed E-state index contributed by atoms with van der Waals surface area (Å²) in [5, 5.41) is 4.22. The van der Waals surface area contributed by atoms with Crippen LogP contribution in [-0.2, 0) is 6.42 Å². The standard InChI is InChI=1S/C19H19BrN2OS/c1-3-12-4-9-17-15(10-12)16-11-19(2,23-17)22(18(24)21-16)14-7-5-13(20)6-8-14/h4-10,16H,3,11H2,1-2H3,(H,21,24). The molecule has 0 amide bonds. The van der Waals surface area contributed by atoms with Gasteiger partial charge in [-0.1, -0.05) is 35.0 Å². The zero-order chi connectivity index (χ0) is 16.9. The molecule has 0 aliphatic carbocycles. The lowest BCUT2D eigenvalue weighted by atomic mass is 9.89. The van der Waals surface area contributed by atoms with Crippen LogP contribution in [0, 0.1) is 0 Å². The highest BCUT2D eigenvalue weighted by atomic mass is 79.9. The quantitative estimate of drug-likeness (QED) is 0.718. The summed E-state index contributed by atoms with van der Waals surface area (Å²) < 4.78 is 7.49. The van der Waals surface area contributed by atoms with Gasteiger partial charge in [0.2, 0.25) is 0 Å². The Hall–Kier alpha value is -1.59. The Balaban J connectivity index is 1.77. The molecule has 0 saturated carbocycles. The monoisotopic (exact) mass is 402 g/mol. The van der Waals surface area contributed by atoms with Gasteiger partial charge in [-0.3, -0.25) is 4.90 Å². The number of aryl methyl sites for hydroxylation is 1. The first-order valence-electron chi connectivity index (χ1n) is 8.18. The molecule has 124 valence electrons. The van der Waals surface area contributed by atoms with Crippen LogP contribution in [0.25, 0.3) is 0 Å². The number of benzene rings is 2. The Kier molecular flexibility index (Phi) is 3.81. The molecule has 3 nitrogen and oxygen atoms in total. The van der Waals surface area contributed by atoms with E-state index in [4.69, 9.17) is 17.0 Å². The maximum absolute atomic E-state index is 6.44. The van der Waals surface area contributed by atoms with Crippen LogP contribution >= 0.6 is 28.1 Å². The molecule has 1 N–H and O–H groups in total. The van der Waals surface area contributed by atoms with Crippen molar-refractivity contribution in [2.75, 3.05) is 4.90 Å². The molecule has 5 heteroatoms. The van der Waals surface area contributed by atoms with Crippen molar-refractivity contribution in [3.63, 3.8) is 0 Å².